The highest BCUT2D eigenvalue weighted by Gasteiger charge is 2.36. The van der Waals surface area contributed by atoms with Crippen molar-refractivity contribution >= 4 is 29.1 Å². The molecule has 44 heavy (non-hydrogen) atoms. The van der Waals surface area contributed by atoms with E-state index in [2.05, 4.69) is 10.3 Å². The first-order valence-corrected chi connectivity index (χ1v) is 13.4. The minimum atomic E-state index is -5.13. The molecule has 1 unspecified atom stereocenters. The average molecular weight is 625 g/mol. The minimum Gasteiger partial charge on any atom is -0.481 e. The highest BCUT2D eigenvalue weighted by molar-refractivity contribution is 5.95. The number of carboxylic acid groups (broad SMARTS) is 1. The van der Waals surface area contributed by atoms with Crippen molar-refractivity contribution in [3.8, 4) is 5.88 Å². The Hall–Kier alpha value is -4.62. The number of hydrogen-bond donors (Lipinski definition) is 3. The summed E-state index contributed by atoms with van der Waals surface area (Å²) in [6, 6.07) is 6.06. The number of nitrogens with one attached hydrogen (secondary N) is 1. The first-order chi connectivity index (χ1) is 20.4. The number of hydrogen-bond acceptors (Lipinski definition) is 7. The number of alkyl halides is 3. The van der Waals surface area contributed by atoms with E-state index in [-0.39, 0.29) is 42.6 Å². The van der Waals surface area contributed by atoms with Crippen molar-refractivity contribution in [3.05, 3.63) is 76.5 Å². The summed E-state index contributed by atoms with van der Waals surface area (Å²) in [5.41, 5.74) is 2.89. The van der Waals surface area contributed by atoms with Crippen molar-refractivity contribution < 1.29 is 46.1 Å². The molecule has 1 aromatic heterocycles. The van der Waals surface area contributed by atoms with Gasteiger partial charge in [0, 0.05) is 30.3 Å². The Morgan fingerprint density at radius 3 is 2.32 bits per heavy atom. The molecule has 0 spiro atoms. The Balaban J connectivity index is 2.13. The Morgan fingerprint density at radius 2 is 1.75 bits per heavy atom. The fraction of sp³-hybridized carbons (Fsp3) is 0.367. The third kappa shape index (κ3) is 8.26. The number of ether oxygens (including phenoxy) is 2. The molecule has 0 bridgehead atoms. The van der Waals surface area contributed by atoms with E-state index in [0.29, 0.717) is 17.4 Å². The Kier molecular flexibility index (Phi) is 10.3. The number of nitrogens with two attached hydrogens (primary N) is 1. The van der Waals surface area contributed by atoms with Crippen molar-refractivity contribution in [1.82, 2.24) is 9.88 Å². The lowest BCUT2D eigenvalue weighted by Gasteiger charge is -2.34. The molecule has 9 nitrogen and oxygen atoms in total. The molecule has 1 heterocycles. The molecule has 0 fully saturated rings. The molecule has 1 amide bonds. The zero-order valence-corrected chi connectivity index (χ0v) is 24.7. The number of nitrogen functional groups attached to an aromatic ring is 1. The molecule has 0 aliphatic carbocycles. The zero-order chi connectivity index (χ0) is 33.0. The highest BCUT2D eigenvalue weighted by Crippen LogP contribution is 2.38. The van der Waals surface area contributed by atoms with E-state index in [0.717, 1.165) is 12.1 Å². The van der Waals surface area contributed by atoms with Crippen LogP contribution in [0.25, 0.3) is 0 Å². The van der Waals surface area contributed by atoms with Gasteiger partial charge in [-0.15, -0.1) is 0 Å². The summed E-state index contributed by atoms with van der Waals surface area (Å²) in [5, 5.41) is 12.2. The highest BCUT2D eigenvalue weighted by atomic mass is 19.4. The van der Waals surface area contributed by atoms with Crippen molar-refractivity contribution in [2.45, 2.75) is 58.4 Å². The quantitative estimate of drug-likeness (QED) is 0.200. The van der Waals surface area contributed by atoms with Gasteiger partial charge in [-0.05, 0) is 63.6 Å². The van der Waals surface area contributed by atoms with Gasteiger partial charge in [-0.3, -0.25) is 0 Å². The third-order valence-electron chi connectivity index (χ3n) is 6.46. The average Bonchev–Trinajstić information content (AvgIpc) is 2.91. The van der Waals surface area contributed by atoms with Crippen LogP contribution in [0.2, 0.25) is 0 Å². The van der Waals surface area contributed by atoms with Gasteiger partial charge in [0.2, 0.25) is 5.88 Å². The summed E-state index contributed by atoms with van der Waals surface area (Å²) in [4.78, 5) is 31.0. The van der Waals surface area contributed by atoms with Crippen LogP contribution in [0.4, 0.5) is 43.8 Å². The molecule has 14 heteroatoms. The third-order valence-corrected chi connectivity index (χ3v) is 6.46. The largest absolute Gasteiger partial charge is 0.481 e. The number of benzene rings is 2. The molecule has 0 saturated carbocycles. The number of anilines is 3. The number of aromatic nitrogens is 1. The van der Waals surface area contributed by atoms with E-state index >= 15 is 0 Å². The van der Waals surface area contributed by atoms with Crippen LogP contribution in [0.1, 0.15) is 67.3 Å². The van der Waals surface area contributed by atoms with E-state index in [1.54, 1.807) is 39.8 Å². The van der Waals surface area contributed by atoms with Gasteiger partial charge in [-0.1, -0.05) is 6.92 Å². The maximum absolute atomic E-state index is 14.7. The van der Waals surface area contributed by atoms with Crippen molar-refractivity contribution in [1.29, 1.82) is 0 Å². The van der Waals surface area contributed by atoms with Crippen molar-refractivity contribution in [3.63, 3.8) is 0 Å². The maximum atomic E-state index is 14.7. The van der Waals surface area contributed by atoms with Gasteiger partial charge in [-0.25, -0.2) is 23.4 Å². The minimum absolute atomic E-state index is 0.0203. The number of aromatic carboxylic acids is 1. The lowest BCUT2D eigenvalue weighted by molar-refractivity contribution is -0.139. The number of pyridine rings is 1. The number of carbonyl (C=O) groups excluding carboxylic acids is 1. The number of carbonyl (C=O) groups is 2. The van der Waals surface area contributed by atoms with Crippen molar-refractivity contribution in [2.75, 3.05) is 24.7 Å². The first-order valence-electron chi connectivity index (χ1n) is 13.4. The topological polar surface area (TPSA) is 127 Å². The van der Waals surface area contributed by atoms with Gasteiger partial charge >= 0.3 is 18.2 Å². The van der Waals surface area contributed by atoms with E-state index in [1.807, 2.05) is 0 Å². The molecule has 0 aliphatic heterocycles. The molecule has 3 rings (SSSR count). The molecule has 238 valence electrons. The van der Waals surface area contributed by atoms with Gasteiger partial charge in [0.1, 0.15) is 17.2 Å². The fourth-order valence-corrected chi connectivity index (χ4v) is 4.47. The molecule has 1 atom stereocenters. The SMILES string of the molecule is CCC(c1cc(F)ccc1Nc1cc(C(F)(F)F)c(F)cc1C(=O)O)N(CCc1nc(OC)ccc1N)C(=O)OC(C)(C)C. The van der Waals surface area contributed by atoms with Gasteiger partial charge in [0.25, 0.3) is 0 Å². The van der Waals surface area contributed by atoms with E-state index in [9.17, 15) is 36.6 Å². The molecule has 0 saturated heterocycles. The molecule has 3 aromatic rings. The fourth-order valence-electron chi connectivity index (χ4n) is 4.47. The summed E-state index contributed by atoms with van der Waals surface area (Å²) in [7, 11) is 1.43. The lowest BCUT2D eigenvalue weighted by Crippen LogP contribution is -2.40. The van der Waals surface area contributed by atoms with Gasteiger partial charge in [0.05, 0.1) is 41.3 Å². The Morgan fingerprint density at radius 1 is 1.07 bits per heavy atom. The van der Waals surface area contributed by atoms with Crippen molar-refractivity contribution in [2.24, 2.45) is 0 Å². The Bertz CT molecular complexity index is 1520. The second-order valence-electron chi connectivity index (χ2n) is 10.8. The standard InChI is InChI=1S/C30H33F5N4O5/c1-6-25(39(28(42)44-29(2,3)4)12-11-23-21(36)8-10-26(38-23)43-5)17-13-16(31)7-9-22(17)37-24-15-19(30(33,34)35)20(32)14-18(24)27(40)41/h7-10,13-15,25,37H,6,11-12,36H2,1-5H3,(H,40,41). The monoisotopic (exact) mass is 624 g/mol. The van der Waals surface area contributed by atoms with E-state index in [1.165, 1.54) is 18.1 Å². The number of methoxy groups -OCH3 is 1. The molecule has 4 N–H and O–H groups in total. The van der Waals surface area contributed by atoms with Gasteiger partial charge in [0.15, 0.2) is 0 Å². The van der Waals surface area contributed by atoms with Crippen LogP contribution in [0.15, 0.2) is 42.5 Å². The smallest absolute Gasteiger partial charge is 0.419 e. The summed E-state index contributed by atoms with van der Waals surface area (Å²) >= 11 is 0. The van der Waals surface area contributed by atoms with Crippen LogP contribution in [-0.2, 0) is 17.3 Å². The summed E-state index contributed by atoms with van der Waals surface area (Å²) in [6.45, 7) is 6.61. The second-order valence-corrected chi connectivity index (χ2v) is 10.8. The van der Waals surface area contributed by atoms with Gasteiger partial charge in [-0.2, -0.15) is 13.2 Å². The first kappa shape index (κ1) is 33.9. The van der Waals surface area contributed by atoms with E-state index in [4.69, 9.17) is 15.2 Å². The molecular weight excluding hydrogens is 591 g/mol. The van der Waals surface area contributed by atoms with Crippen LogP contribution in [0.3, 0.4) is 0 Å². The van der Waals surface area contributed by atoms with Gasteiger partial charge < -0.3 is 30.5 Å². The van der Waals surface area contributed by atoms with E-state index < -0.39 is 58.3 Å². The second kappa shape index (κ2) is 13.3. The number of carboxylic acids is 1. The summed E-state index contributed by atoms with van der Waals surface area (Å²) in [6.07, 6.45) is -5.62. The zero-order valence-electron chi connectivity index (χ0n) is 24.7. The normalized spacial score (nSPS) is 12.4. The molecule has 2 aromatic carbocycles. The Labute approximate surface area is 250 Å². The number of amides is 1. The summed E-state index contributed by atoms with van der Waals surface area (Å²) in [5.74, 6) is -3.92. The summed E-state index contributed by atoms with van der Waals surface area (Å²) < 4.78 is 80.2. The van der Waals surface area contributed by atoms with Crippen LogP contribution in [0, 0.1) is 11.6 Å². The molecule has 0 radical (unpaired) electrons. The lowest BCUT2D eigenvalue weighted by atomic mass is 9.99. The maximum Gasteiger partial charge on any atom is 0.419 e. The number of rotatable bonds is 10. The molecular formula is C30H33F5N4O5. The van der Waals surface area contributed by atoms with Crippen LogP contribution in [-0.4, -0.2) is 46.3 Å². The van der Waals surface area contributed by atoms with Crippen LogP contribution >= 0.6 is 0 Å². The number of halogens is 5. The predicted molar refractivity (Wildman–Crippen MR) is 153 cm³/mol. The molecule has 0 aliphatic rings. The van der Waals surface area contributed by atoms with Crippen LogP contribution < -0.4 is 15.8 Å². The van der Waals surface area contributed by atoms with Crippen LogP contribution in [0.5, 0.6) is 5.88 Å². The predicted octanol–water partition coefficient (Wildman–Crippen LogP) is 7.34. The number of nitrogens with zero attached hydrogens (tertiary/aromatic N) is 2.